The standard InChI is InChI=1S/C25H21BrN2O4/c1-3-32-20-8-7-17(13-15(20)2)23(29)21-22(16-9-11-27-12-10-16)28(25(31)24(21)30)19-6-4-5-18(26)14-19/h4-14,22,29H,3H2,1-2H3/b23-21+. The number of nitrogens with zero attached hydrogens (tertiary/aromatic N) is 2. The number of aliphatic hydroxyl groups excluding tert-OH is 1. The molecule has 0 bridgehead atoms. The number of anilines is 1. The lowest BCUT2D eigenvalue weighted by molar-refractivity contribution is -0.132. The van der Waals surface area contributed by atoms with E-state index in [0.717, 1.165) is 10.0 Å². The van der Waals surface area contributed by atoms with E-state index in [9.17, 15) is 14.7 Å². The molecule has 7 heteroatoms. The maximum Gasteiger partial charge on any atom is 0.300 e. The van der Waals surface area contributed by atoms with E-state index in [0.29, 0.717) is 29.2 Å². The van der Waals surface area contributed by atoms with Crippen LogP contribution in [0.1, 0.15) is 29.7 Å². The third-order valence-corrected chi connectivity index (χ3v) is 5.79. The molecule has 162 valence electrons. The van der Waals surface area contributed by atoms with Gasteiger partial charge in [-0.15, -0.1) is 0 Å². The first-order valence-electron chi connectivity index (χ1n) is 10.1. The van der Waals surface area contributed by atoms with Crippen LogP contribution in [0.15, 0.2) is 77.0 Å². The van der Waals surface area contributed by atoms with Gasteiger partial charge in [0.25, 0.3) is 11.7 Å². The monoisotopic (exact) mass is 492 g/mol. The maximum absolute atomic E-state index is 13.2. The summed E-state index contributed by atoms with van der Waals surface area (Å²) >= 11 is 3.42. The van der Waals surface area contributed by atoms with Gasteiger partial charge in [0.05, 0.1) is 18.2 Å². The number of Topliss-reactive ketones (excluding diaryl/α,β-unsaturated/α-hetero) is 1. The zero-order chi connectivity index (χ0) is 22.8. The van der Waals surface area contributed by atoms with Crippen LogP contribution < -0.4 is 9.64 Å². The molecular formula is C25H21BrN2O4. The number of ether oxygens (including phenoxy) is 1. The third-order valence-electron chi connectivity index (χ3n) is 5.30. The number of aromatic nitrogens is 1. The normalized spacial score (nSPS) is 17.6. The van der Waals surface area contributed by atoms with E-state index >= 15 is 0 Å². The van der Waals surface area contributed by atoms with E-state index in [-0.39, 0.29) is 11.3 Å². The largest absolute Gasteiger partial charge is 0.507 e. The summed E-state index contributed by atoms with van der Waals surface area (Å²) in [5.74, 6) is -0.969. The molecule has 3 aromatic rings. The Bertz CT molecular complexity index is 1220. The highest BCUT2D eigenvalue weighted by atomic mass is 79.9. The highest BCUT2D eigenvalue weighted by Gasteiger charge is 2.47. The summed E-state index contributed by atoms with van der Waals surface area (Å²) in [7, 11) is 0. The average Bonchev–Trinajstić information content (AvgIpc) is 3.06. The second kappa shape index (κ2) is 8.96. The summed E-state index contributed by atoms with van der Waals surface area (Å²) in [6, 6.07) is 15.0. The SMILES string of the molecule is CCOc1ccc(/C(O)=C2\C(=O)C(=O)N(c3cccc(Br)c3)C2c2ccncc2)cc1C. The van der Waals surface area contributed by atoms with E-state index in [1.54, 1.807) is 60.9 Å². The Hall–Kier alpha value is -3.45. The summed E-state index contributed by atoms with van der Waals surface area (Å²) in [6.07, 6.45) is 3.19. The van der Waals surface area contributed by atoms with Crippen LogP contribution >= 0.6 is 15.9 Å². The molecule has 4 rings (SSSR count). The zero-order valence-corrected chi connectivity index (χ0v) is 19.2. The number of ketones is 1. The fraction of sp³-hybridized carbons (Fsp3) is 0.160. The molecule has 0 aliphatic carbocycles. The van der Waals surface area contributed by atoms with Gasteiger partial charge in [-0.25, -0.2) is 0 Å². The molecule has 32 heavy (non-hydrogen) atoms. The van der Waals surface area contributed by atoms with Gasteiger partial charge in [0.15, 0.2) is 0 Å². The van der Waals surface area contributed by atoms with Crippen molar-refractivity contribution in [3.63, 3.8) is 0 Å². The fourth-order valence-corrected chi connectivity index (χ4v) is 4.24. The Balaban J connectivity index is 1.90. The van der Waals surface area contributed by atoms with Crippen molar-refractivity contribution in [2.45, 2.75) is 19.9 Å². The fourth-order valence-electron chi connectivity index (χ4n) is 3.86. The third kappa shape index (κ3) is 3.91. The summed E-state index contributed by atoms with van der Waals surface area (Å²) in [5, 5.41) is 11.2. The summed E-state index contributed by atoms with van der Waals surface area (Å²) < 4.78 is 6.34. The Morgan fingerprint density at radius 2 is 1.88 bits per heavy atom. The van der Waals surface area contributed by atoms with Crippen LogP contribution in [0, 0.1) is 6.92 Å². The Kier molecular flexibility index (Phi) is 6.10. The molecule has 0 radical (unpaired) electrons. The quantitative estimate of drug-likeness (QED) is 0.301. The van der Waals surface area contributed by atoms with Crippen LogP contribution in [0.3, 0.4) is 0 Å². The number of aliphatic hydroxyl groups is 1. The highest BCUT2D eigenvalue weighted by molar-refractivity contribution is 9.10. The highest BCUT2D eigenvalue weighted by Crippen LogP contribution is 2.42. The van der Waals surface area contributed by atoms with Crippen molar-refractivity contribution in [3.8, 4) is 5.75 Å². The molecule has 6 nitrogen and oxygen atoms in total. The Morgan fingerprint density at radius 1 is 1.12 bits per heavy atom. The Morgan fingerprint density at radius 3 is 2.53 bits per heavy atom. The van der Waals surface area contributed by atoms with E-state index in [2.05, 4.69) is 20.9 Å². The number of benzene rings is 2. The number of halogens is 1. The number of pyridine rings is 1. The van der Waals surface area contributed by atoms with Crippen LogP contribution in [0.4, 0.5) is 5.69 Å². The molecule has 1 aliphatic rings. The predicted molar refractivity (Wildman–Crippen MR) is 126 cm³/mol. The summed E-state index contributed by atoms with van der Waals surface area (Å²) in [5.41, 5.74) is 2.51. The topological polar surface area (TPSA) is 79.7 Å². The van der Waals surface area contributed by atoms with Gasteiger partial charge in [-0.3, -0.25) is 19.5 Å². The minimum Gasteiger partial charge on any atom is -0.507 e. The van der Waals surface area contributed by atoms with E-state index in [1.807, 2.05) is 19.9 Å². The molecule has 1 fully saturated rings. The van der Waals surface area contributed by atoms with Crippen LogP contribution in [0.25, 0.3) is 5.76 Å². The number of carbonyl (C=O) groups excluding carboxylic acids is 2. The molecule has 1 aliphatic heterocycles. The van der Waals surface area contributed by atoms with Crippen molar-refractivity contribution >= 4 is 39.1 Å². The zero-order valence-electron chi connectivity index (χ0n) is 17.6. The van der Waals surface area contributed by atoms with Crippen LogP contribution in [-0.4, -0.2) is 28.4 Å². The Labute approximate surface area is 194 Å². The van der Waals surface area contributed by atoms with Gasteiger partial charge in [0.1, 0.15) is 11.5 Å². The van der Waals surface area contributed by atoms with Crippen molar-refractivity contribution in [3.05, 3.63) is 93.7 Å². The number of hydrogen-bond acceptors (Lipinski definition) is 5. The lowest BCUT2D eigenvalue weighted by Gasteiger charge is -2.25. The molecule has 1 amide bonds. The molecule has 0 spiro atoms. The maximum atomic E-state index is 13.2. The lowest BCUT2D eigenvalue weighted by Crippen LogP contribution is -2.29. The van der Waals surface area contributed by atoms with E-state index < -0.39 is 17.7 Å². The van der Waals surface area contributed by atoms with Gasteiger partial charge in [0, 0.05) is 28.1 Å². The molecule has 1 aromatic heterocycles. The van der Waals surface area contributed by atoms with Crippen molar-refractivity contribution in [2.24, 2.45) is 0 Å². The number of amides is 1. The van der Waals surface area contributed by atoms with Crippen molar-refractivity contribution in [1.29, 1.82) is 0 Å². The first-order chi connectivity index (χ1) is 15.4. The van der Waals surface area contributed by atoms with E-state index in [4.69, 9.17) is 4.74 Å². The van der Waals surface area contributed by atoms with Gasteiger partial charge >= 0.3 is 0 Å². The van der Waals surface area contributed by atoms with Gasteiger partial charge in [-0.05, 0) is 73.5 Å². The van der Waals surface area contributed by atoms with Crippen LogP contribution in [0.2, 0.25) is 0 Å². The molecule has 1 unspecified atom stereocenters. The molecular weight excluding hydrogens is 472 g/mol. The van der Waals surface area contributed by atoms with Crippen LogP contribution in [0.5, 0.6) is 5.75 Å². The second-order valence-electron chi connectivity index (χ2n) is 7.34. The van der Waals surface area contributed by atoms with Gasteiger partial charge < -0.3 is 9.84 Å². The molecule has 1 atom stereocenters. The minimum absolute atomic E-state index is 0.0322. The predicted octanol–water partition coefficient (Wildman–Crippen LogP) is 5.18. The van der Waals surface area contributed by atoms with Crippen LogP contribution in [-0.2, 0) is 9.59 Å². The van der Waals surface area contributed by atoms with E-state index in [1.165, 1.54) is 4.90 Å². The van der Waals surface area contributed by atoms with Crippen molar-refractivity contribution in [1.82, 2.24) is 4.98 Å². The molecule has 2 aromatic carbocycles. The summed E-state index contributed by atoms with van der Waals surface area (Å²) in [4.78, 5) is 31.8. The smallest absolute Gasteiger partial charge is 0.300 e. The second-order valence-corrected chi connectivity index (χ2v) is 8.26. The van der Waals surface area contributed by atoms with Crippen molar-refractivity contribution in [2.75, 3.05) is 11.5 Å². The first-order valence-corrected chi connectivity index (χ1v) is 10.9. The first kappa shape index (κ1) is 21.8. The van der Waals surface area contributed by atoms with Gasteiger partial charge in [-0.1, -0.05) is 22.0 Å². The van der Waals surface area contributed by atoms with Gasteiger partial charge in [-0.2, -0.15) is 0 Å². The number of carbonyl (C=O) groups is 2. The molecule has 2 heterocycles. The van der Waals surface area contributed by atoms with Crippen molar-refractivity contribution < 1.29 is 19.4 Å². The molecule has 1 saturated heterocycles. The number of rotatable bonds is 5. The minimum atomic E-state index is -0.792. The summed E-state index contributed by atoms with van der Waals surface area (Å²) in [6.45, 7) is 4.28. The molecule has 0 saturated carbocycles. The number of aryl methyl sites for hydroxylation is 1. The molecule has 1 N–H and O–H groups in total. The lowest BCUT2D eigenvalue weighted by atomic mass is 9.95. The average molecular weight is 493 g/mol. The number of hydrogen-bond donors (Lipinski definition) is 1. The van der Waals surface area contributed by atoms with Gasteiger partial charge in [0.2, 0.25) is 0 Å².